The number of nitrogens with one attached hydrogen (secondary N) is 1. The summed E-state index contributed by atoms with van der Waals surface area (Å²) in [6.45, 7) is 0. The molecule has 5 N–H and O–H groups in total. The van der Waals surface area contributed by atoms with Gasteiger partial charge >= 0.3 is 0 Å². The Labute approximate surface area is 91.3 Å². The second kappa shape index (κ2) is 4.48. The fourth-order valence-electron chi connectivity index (χ4n) is 1.07. The summed E-state index contributed by atoms with van der Waals surface area (Å²) in [4.78, 5) is 9.92. The molecule has 88 valence electrons. The van der Waals surface area contributed by atoms with E-state index < -0.39 is 12.5 Å². The zero-order chi connectivity index (χ0) is 12.3. The van der Waals surface area contributed by atoms with E-state index >= 15 is 0 Å². The largest absolute Gasteiger partial charge is 0.494 e. The van der Waals surface area contributed by atoms with Crippen molar-refractivity contribution >= 4 is 19.0 Å². The van der Waals surface area contributed by atoms with E-state index in [1.807, 2.05) is 0 Å². The lowest BCUT2D eigenvalue weighted by Gasteiger charge is -2.13. The summed E-state index contributed by atoms with van der Waals surface area (Å²) in [5.74, 6) is 0.144. The van der Waals surface area contributed by atoms with Crippen LogP contribution in [0.5, 0.6) is 5.75 Å². The van der Waals surface area contributed by atoms with Crippen LogP contribution in [0.4, 0.5) is 11.4 Å². The first-order valence-corrected chi connectivity index (χ1v) is 5.96. The molecule has 0 spiro atoms. The van der Waals surface area contributed by atoms with Crippen molar-refractivity contribution in [3.8, 4) is 5.75 Å². The highest BCUT2D eigenvalue weighted by molar-refractivity contribution is 7.60. The van der Waals surface area contributed by atoms with Crippen LogP contribution >= 0.6 is 7.59 Å². The van der Waals surface area contributed by atoms with Crippen LogP contribution in [0.1, 0.15) is 0 Å². The molecule has 0 aliphatic rings. The number of methoxy groups -OCH3 is 1. The molecule has 16 heavy (non-hydrogen) atoms. The van der Waals surface area contributed by atoms with Gasteiger partial charge in [-0.15, -0.1) is 0 Å². The van der Waals surface area contributed by atoms with Gasteiger partial charge in [-0.2, -0.15) is 0 Å². The van der Waals surface area contributed by atoms with Gasteiger partial charge in [0, 0.05) is 6.07 Å². The molecule has 0 atom stereocenters. The second-order valence-electron chi connectivity index (χ2n) is 2.96. The van der Waals surface area contributed by atoms with Crippen molar-refractivity contribution in [3.63, 3.8) is 0 Å². The minimum atomic E-state index is -3.47. The van der Waals surface area contributed by atoms with Crippen molar-refractivity contribution < 1.29 is 14.2 Å². The molecule has 0 saturated heterocycles. The molecule has 1 rings (SSSR count). The van der Waals surface area contributed by atoms with Crippen LogP contribution in [0, 0.1) is 10.1 Å². The maximum atomic E-state index is 11.1. The Bertz CT molecular complexity index is 458. The number of nitrogens with zero attached hydrogens (tertiary/aromatic N) is 1. The molecule has 0 bridgehead atoms. The molecule has 0 amide bonds. The Hall–Kier alpha value is -1.63. The molecule has 1 aromatic carbocycles. The van der Waals surface area contributed by atoms with Crippen molar-refractivity contribution in [3.05, 3.63) is 28.3 Å². The first kappa shape index (κ1) is 12.4. The Balaban J connectivity index is 3.12. The molecule has 9 heteroatoms. The summed E-state index contributed by atoms with van der Waals surface area (Å²) in [6.07, 6.45) is 0. The lowest BCUT2D eigenvalue weighted by molar-refractivity contribution is -0.384. The molecular weight excluding hydrogens is 235 g/mol. The summed E-state index contributed by atoms with van der Waals surface area (Å²) in [7, 11) is -2.14. The number of nitro groups is 1. The molecule has 0 aliphatic carbocycles. The Morgan fingerprint density at radius 2 is 2.12 bits per heavy atom. The van der Waals surface area contributed by atoms with E-state index in [2.05, 4.69) is 5.09 Å². The maximum absolute atomic E-state index is 11.1. The highest BCUT2D eigenvalue weighted by Crippen LogP contribution is 2.35. The SMILES string of the molecule is COc1cc([N+](=O)[O-])ccc1NP(N)(N)=O. The van der Waals surface area contributed by atoms with Gasteiger partial charge in [-0.1, -0.05) is 0 Å². The van der Waals surface area contributed by atoms with Crippen LogP contribution in [-0.2, 0) is 4.57 Å². The molecular formula is C7H11N4O4P. The number of rotatable bonds is 4. The van der Waals surface area contributed by atoms with Gasteiger partial charge in [0.25, 0.3) is 13.3 Å². The summed E-state index contributed by atoms with van der Waals surface area (Å²) in [6, 6.07) is 3.72. The van der Waals surface area contributed by atoms with Crippen LogP contribution in [-0.4, -0.2) is 12.0 Å². The number of hydrogen-bond acceptors (Lipinski definition) is 4. The summed E-state index contributed by atoms with van der Waals surface area (Å²) in [5.41, 5.74) is 10.3. The molecule has 0 saturated carbocycles. The zero-order valence-corrected chi connectivity index (χ0v) is 9.31. The van der Waals surface area contributed by atoms with E-state index in [0.29, 0.717) is 0 Å². The van der Waals surface area contributed by atoms with Gasteiger partial charge < -0.3 is 9.82 Å². The Kier molecular flexibility index (Phi) is 3.48. The van der Waals surface area contributed by atoms with Gasteiger partial charge in [0.1, 0.15) is 5.75 Å². The number of hydrogen-bond donors (Lipinski definition) is 3. The van der Waals surface area contributed by atoms with Crippen LogP contribution in [0.25, 0.3) is 0 Å². The van der Waals surface area contributed by atoms with Crippen molar-refractivity contribution in [2.45, 2.75) is 0 Å². The van der Waals surface area contributed by atoms with E-state index in [1.165, 1.54) is 25.3 Å². The molecule has 0 aromatic heterocycles. The molecule has 0 unspecified atom stereocenters. The minimum Gasteiger partial charge on any atom is -0.494 e. The predicted molar refractivity (Wildman–Crippen MR) is 59.3 cm³/mol. The fraction of sp³-hybridized carbons (Fsp3) is 0.143. The van der Waals surface area contributed by atoms with E-state index in [1.54, 1.807) is 0 Å². The first-order chi connectivity index (χ1) is 7.33. The van der Waals surface area contributed by atoms with Gasteiger partial charge in [-0.05, 0) is 6.07 Å². The number of nitro benzene ring substituents is 1. The number of anilines is 1. The number of ether oxygens (including phenoxy) is 1. The number of nitrogens with two attached hydrogens (primary N) is 2. The predicted octanol–water partition coefficient (Wildman–Crippen LogP) is 1.04. The highest BCUT2D eigenvalue weighted by atomic mass is 31.2. The molecule has 0 fully saturated rings. The number of benzene rings is 1. The average molecular weight is 246 g/mol. The van der Waals surface area contributed by atoms with Crippen molar-refractivity contribution in [2.24, 2.45) is 11.0 Å². The third-order valence-corrected chi connectivity index (χ3v) is 2.28. The lowest BCUT2D eigenvalue weighted by Crippen LogP contribution is -2.13. The standard InChI is InChI=1S/C7H11N4O4P/c1-15-7-4-5(11(12)13)2-3-6(7)10-16(8,9)14/h2-4H,1H3,(H5,8,9,10,14). The highest BCUT2D eigenvalue weighted by Gasteiger charge is 2.15. The van der Waals surface area contributed by atoms with Crippen molar-refractivity contribution in [2.75, 3.05) is 12.2 Å². The van der Waals surface area contributed by atoms with E-state index in [0.717, 1.165) is 0 Å². The summed E-state index contributed by atoms with van der Waals surface area (Å²) in [5, 5.41) is 12.8. The fourth-order valence-corrected chi connectivity index (χ4v) is 1.64. The third kappa shape index (κ3) is 3.20. The van der Waals surface area contributed by atoms with Crippen molar-refractivity contribution in [1.29, 1.82) is 0 Å². The van der Waals surface area contributed by atoms with Crippen LogP contribution in [0.2, 0.25) is 0 Å². The van der Waals surface area contributed by atoms with Crippen LogP contribution in [0.15, 0.2) is 18.2 Å². The number of non-ortho nitro benzene ring substituents is 1. The average Bonchev–Trinajstić information content (AvgIpc) is 2.15. The van der Waals surface area contributed by atoms with Gasteiger partial charge in [0.15, 0.2) is 0 Å². The zero-order valence-electron chi connectivity index (χ0n) is 8.41. The molecule has 8 nitrogen and oxygen atoms in total. The molecule has 0 aliphatic heterocycles. The van der Waals surface area contributed by atoms with Gasteiger partial charge in [-0.25, -0.2) is 0 Å². The summed E-state index contributed by atoms with van der Waals surface area (Å²) >= 11 is 0. The summed E-state index contributed by atoms with van der Waals surface area (Å²) < 4.78 is 16.0. The third-order valence-electron chi connectivity index (χ3n) is 1.69. The monoisotopic (exact) mass is 246 g/mol. The van der Waals surface area contributed by atoms with Gasteiger partial charge in [0.2, 0.25) is 0 Å². The van der Waals surface area contributed by atoms with Gasteiger partial charge in [0.05, 0.1) is 23.8 Å². The second-order valence-corrected chi connectivity index (χ2v) is 4.61. The first-order valence-electron chi connectivity index (χ1n) is 4.11. The van der Waals surface area contributed by atoms with E-state index in [-0.39, 0.29) is 17.1 Å². The van der Waals surface area contributed by atoms with Crippen molar-refractivity contribution in [1.82, 2.24) is 0 Å². The minimum absolute atomic E-state index is 0.144. The lowest BCUT2D eigenvalue weighted by atomic mass is 10.2. The van der Waals surface area contributed by atoms with Crippen LogP contribution in [0.3, 0.4) is 0 Å². The maximum Gasteiger partial charge on any atom is 0.298 e. The Morgan fingerprint density at radius 3 is 2.56 bits per heavy atom. The quantitative estimate of drug-likeness (QED) is 0.410. The van der Waals surface area contributed by atoms with Crippen LogP contribution < -0.4 is 20.8 Å². The molecule has 0 heterocycles. The van der Waals surface area contributed by atoms with E-state index in [9.17, 15) is 14.7 Å². The molecule has 1 aromatic rings. The van der Waals surface area contributed by atoms with Gasteiger partial charge in [-0.3, -0.25) is 25.7 Å². The topological polar surface area (TPSA) is 134 Å². The van der Waals surface area contributed by atoms with E-state index in [4.69, 9.17) is 15.7 Å². The smallest absolute Gasteiger partial charge is 0.298 e. The molecule has 0 radical (unpaired) electrons. The Morgan fingerprint density at radius 1 is 1.50 bits per heavy atom. The normalized spacial score (nSPS) is 10.9.